The number of nitrogens with two attached hydrogens (primary N) is 1. The van der Waals surface area contributed by atoms with Crippen molar-refractivity contribution in [3.05, 3.63) is 39.9 Å². The van der Waals surface area contributed by atoms with Crippen LogP contribution in [0.15, 0.2) is 12.1 Å². The molecule has 0 radical (unpaired) electrons. The van der Waals surface area contributed by atoms with E-state index in [4.69, 9.17) is 22.1 Å². The first-order chi connectivity index (χ1) is 16.2. The molecule has 4 rings (SSSR count). The molecule has 2 aliphatic rings. The van der Waals surface area contributed by atoms with Gasteiger partial charge in [0, 0.05) is 43.3 Å². The number of rotatable bonds is 9. The average molecular weight is 515 g/mol. The largest absolute Gasteiger partial charge is 0.471 e. The van der Waals surface area contributed by atoms with Crippen molar-refractivity contribution in [3.8, 4) is 5.88 Å². The van der Waals surface area contributed by atoms with Crippen LogP contribution in [-0.4, -0.2) is 71.4 Å². The first-order valence-electron chi connectivity index (χ1n) is 10.8. The third kappa shape index (κ3) is 5.40. The van der Waals surface area contributed by atoms with Crippen molar-refractivity contribution in [2.45, 2.75) is 31.5 Å². The third-order valence-corrected chi connectivity index (χ3v) is 7.09. The van der Waals surface area contributed by atoms with E-state index in [1.54, 1.807) is 0 Å². The Hall–Kier alpha value is -2.54. The van der Waals surface area contributed by atoms with E-state index in [9.17, 15) is 18.4 Å². The Morgan fingerprint density at radius 3 is 2.65 bits per heavy atom. The second-order valence-corrected chi connectivity index (χ2v) is 9.61. The van der Waals surface area contributed by atoms with Gasteiger partial charge in [0.05, 0.1) is 5.56 Å². The number of urea groups is 1. The number of ether oxygens (including phenoxy) is 1. The molecule has 0 spiro atoms. The van der Waals surface area contributed by atoms with E-state index in [-0.39, 0.29) is 27.0 Å². The number of likely N-dealkylation sites (tertiary alicyclic amines) is 2. The van der Waals surface area contributed by atoms with Crippen LogP contribution in [0.4, 0.5) is 18.6 Å². The molecule has 2 atom stereocenters. The number of benzene rings is 1. The van der Waals surface area contributed by atoms with Crippen molar-refractivity contribution >= 4 is 40.1 Å². The van der Waals surface area contributed by atoms with Crippen molar-refractivity contribution in [1.82, 2.24) is 19.5 Å². The van der Waals surface area contributed by atoms with Crippen LogP contribution < -0.4 is 21.1 Å². The van der Waals surface area contributed by atoms with E-state index in [0.29, 0.717) is 18.6 Å². The molecule has 0 aliphatic carbocycles. The third-order valence-electron chi connectivity index (χ3n) is 6.13. The topological polar surface area (TPSA) is 113 Å². The molecule has 184 valence electrons. The normalized spacial score (nSPS) is 20.0. The fourth-order valence-corrected chi connectivity index (χ4v) is 5.31. The molecule has 2 aliphatic heterocycles. The standard InChI is InChI=1S/C21H25ClF2N6O3S/c1-29-8-13-7-12(29)9-30(13)4-2-3-26-21(32)27-20-17(18(25)31)19(28-34-20)33-10-14-15(23)5-11(22)6-16(14)24/h5-6,12-13H,2-4,7-10H2,1H3,(H2,25,31)(H2,26,27,32). The van der Waals surface area contributed by atoms with E-state index in [1.165, 1.54) is 6.42 Å². The van der Waals surface area contributed by atoms with Gasteiger partial charge in [-0.3, -0.25) is 15.0 Å². The van der Waals surface area contributed by atoms with E-state index >= 15 is 0 Å². The molecule has 0 saturated carbocycles. The molecule has 3 heterocycles. The fourth-order valence-electron chi connectivity index (χ4n) is 4.38. The van der Waals surface area contributed by atoms with Crippen LogP contribution >= 0.6 is 23.1 Å². The van der Waals surface area contributed by atoms with Crippen LogP contribution in [0, 0.1) is 11.6 Å². The number of aromatic nitrogens is 1. The molecular formula is C21H25ClF2N6O3S. The maximum Gasteiger partial charge on any atom is 0.319 e. The van der Waals surface area contributed by atoms with Crippen molar-refractivity contribution in [2.75, 3.05) is 38.5 Å². The number of amides is 3. The van der Waals surface area contributed by atoms with Crippen LogP contribution in [0.1, 0.15) is 28.8 Å². The summed E-state index contributed by atoms with van der Waals surface area (Å²) in [5.74, 6) is -2.92. The predicted molar refractivity (Wildman–Crippen MR) is 124 cm³/mol. The number of fused-ring (bicyclic) bond motifs is 2. The maximum absolute atomic E-state index is 14.0. The summed E-state index contributed by atoms with van der Waals surface area (Å²) in [6.07, 6.45) is 1.99. The lowest BCUT2D eigenvalue weighted by Crippen LogP contribution is -2.45. The van der Waals surface area contributed by atoms with E-state index in [0.717, 1.165) is 49.7 Å². The molecule has 2 bridgehead atoms. The lowest BCUT2D eigenvalue weighted by molar-refractivity contribution is 0.0996. The quantitative estimate of drug-likeness (QED) is 0.443. The van der Waals surface area contributed by atoms with Crippen molar-refractivity contribution in [2.24, 2.45) is 5.73 Å². The summed E-state index contributed by atoms with van der Waals surface area (Å²) in [5, 5.41) is 5.28. The van der Waals surface area contributed by atoms with Crippen LogP contribution in [0.2, 0.25) is 5.02 Å². The van der Waals surface area contributed by atoms with Crippen molar-refractivity contribution in [1.29, 1.82) is 0 Å². The number of carbonyl (C=O) groups excluding carboxylic acids is 2. The summed E-state index contributed by atoms with van der Waals surface area (Å²) in [6, 6.07) is 2.60. The molecule has 9 nitrogen and oxygen atoms in total. The SMILES string of the molecule is CN1CC2CC1CN2CCCNC(=O)Nc1snc(OCc2c(F)cc(Cl)cc2F)c1C(N)=O. The van der Waals surface area contributed by atoms with Gasteiger partial charge in [0.1, 0.15) is 28.8 Å². The van der Waals surface area contributed by atoms with Gasteiger partial charge in [0.15, 0.2) is 0 Å². The van der Waals surface area contributed by atoms with Crippen LogP contribution in [-0.2, 0) is 6.61 Å². The zero-order chi connectivity index (χ0) is 24.4. The Morgan fingerprint density at radius 2 is 2.03 bits per heavy atom. The highest BCUT2D eigenvalue weighted by Crippen LogP contribution is 2.32. The average Bonchev–Trinajstić information content (AvgIpc) is 3.44. The Kier molecular flexibility index (Phi) is 7.51. The van der Waals surface area contributed by atoms with Crippen molar-refractivity contribution < 1.29 is 23.1 Å². The molecule has 3 amide bonds. The van der Waals surface area contributed by atoms with Gasteiger partial charge in [0.25, 0.3) is 5.91 Å². The van der Waals surface area contributed by atoms with E-state index in [1.807, 2.05) is 0 Å². The maximum atomic E-state index is 14.0. The molecule has 2 aromatic rings. The second-order valence-electron chi connectivity index (χ2n) is 8.41. The van der Waals surface area contributed by atoms with Gasteiger partial charge >= 0.3 is 6.03 Å². The van der Waals surface area contributed by atoms with Gasteiger partial charge in [-0.2, -0.15) is 4.37 Å². The highest BCUT2D eigenvalue weighted by Gasteiger charge is 2.40. The van der Waals surface area contributed by atoms with Crippen molar-refractivity contribution in [3.63, 3.8) is 0 Å². The number of hydrogen-bond donors (Lipinski definition) is 3. The Morgan fingerprint density at radius 1 is 1.29 bits per heavy atom. The summed E-state index contributed by atoms with van der Waals surface area (Å²) in [4.78, 5) is 29.1. The summed E-state index contributed by atoms with van der Waals surface area (Å²) in [7, 11) is 2.15. The molecule has 2 saturated heterocycles. The molecule has 1 aromatic heterocycles. The molecular weight excluding hydrogens is 490 g/mol. The van der Waals surface area contributed by atoms with E-state index < -0.39 is 30.2 Å². The summed E-state index contributed by atoms with van der Waals surface area (Å²) in [6.45, 7) is 2.96. The Labute approximate surface area is 204 Å². The minimum atomic E-state index is -0.898. The van der Waals surface area contributed by atoms with Gasteiger partial charge in [-0.25, -0.2) is 13.6 Å². The monoisotopic (exact) mass is 514 g/mol. The number of nitrogens with one attached hydrogen (secondary N) is 2. The number of halogens is 3. The molecule has 34 heavy (non-hydrogen) atoms. The highest BCUT2D eigenvalue weighted by atomic mass is 35.5. The lowest BCUT2D eigenvalue weighted by Gasteiger charge is -2.31. The first kappa shape index (κ1) is 24.6. The van der Waals surface area contributed by atoms with Gasteiger partial charge in [-0.05, 0) is 43.6 Å². The zero-order valence-electron chi connectivity index (χ0n) is 18.4. The smallest absolute Gasteiger partial charge is 0.319 e. The highest BCUT2D eigenvalue weighted by molar-refractivity contribution is 7.11. The number of hydrogen-bond acceptors (Lipinski definition) is 7. The first-order valence-corrected chi connectivity index (χ1v) is 11.9. The molecule has 4 N–H and O–H groups in total. The van der Waals surface area contributed by atoms with E-state index in [2.05, 4.69) is 31.9 Å². The van der Waals surface area contributed by atoms with Gasteiger partial charge in [-0.1, -0.05) is 11.6 Å². The van der Waals surface area contributed by atoms with Gasteiger partial charge in [0.2, 0.25) is 5.88 Å². The second kappa shape index (κ2) is 10.4. The molecule has 2 unspecified atom stereocenters. The fraction of sp³-hybridized carbons (Fsp3) is 0.476. The number of piperazine rings is 1. The Bertz CT molecular complexity index is 1060. The summed E-state index contributed by atoms with van der Waals surface area (Å²) >= 11 is 6.39. The number of primary amides is 1. The lowest BCUT2D eigenvalue weighted by atomic mass is 10.2. The van der Waals surface area contributed by atoms with Crippen LogP contribution in [0.3, 0.4) is 0 Å². The zero-order valence-corrected chi connectivity index (χ0v) is 20.0. The number of nitrogens with zero attached hydrogens (tertiary/aromatic N) is 3. The predicted octanol–water partition coefficient (Wildman–Crippen LogP) is 2.65. The molecule has 1 aromatic carbocycles. The van der Waals surface area contributed by atoms with Crippen LogP contribution in [0.5, 0.6) is 5.88 Å². The Balaban J connectivity index is 1.28. The minimum absolute atomic E-state index is 0.0805. The summed E-state index contributed by atoms with van der Waals surface area (Å²) in [5.41, 5.74) is 4.87. The number of anilines is 1. The van der Waals surface area contributed by atoms with Crippen LogP contribution in [0.25, 0.3) is 0 Å². The van der Waals surface area contributed by atoms with Gasteiger partial charge in [-0.15, -0.1) is 0 Å². The van der Waals surface area contributed by atoms with Gasteiger partial charge < -0.3 is 20.7 Å². The molecule has 13 heteroatoms. The summed E-state index contributed by atoms with van der Waals surface area (Å²) < 4.78 is 37.2. The minimum Gasteiger partial charge on any atom is -0.471 e. The molecule has 2 fully saturated rings. The number of likely N-dealkylation sites (N-methyl/N-ethyl adjacent to an activating group) is 1. The number of carbonyl (C=O) groups is 2.